The van der Waals surface area contributed by atoms with Gasteiger partial charge in [0, 0.05) is 49.1 Å². The van der Waals surface area contributed by atoms with Gasteiger partial charge in [0.05, 0.1) is 56.7 Å². The van der Waals surface area contributed by atoms with E-state index in [-0.39, 0.29) is 10.8 Å². The first-order valence-electron chi connectivity index (χ1n) is 26.5. The predicted octanol–water partition coefficient (Wildman–Crippen LogP) is 17.1. The Morgan fingerprint density at radius 2 is 0.795 bits per heavy atom. The van der Waals surface area contributed by atoms with Crippen molar-refractivity contribution in [3.63, 3.8) is 0 Å². The number of benzene rings is 10. The SMILES string of the molecule is CC1(C)c2ccccc2-c2ccc3c(c21)c1ccccc1n3-c1cc(C#N)ccc1-c1nc(-c2ccccc2)nc(-c2ccc(-c3cccc(C#N)c3)cc2-n2c3ccccc3c3c4c(ccc32)-c2ccccc2C4(C)C)n1. The van der Waals surface area contributed by atoms with E-state index < -0.39 is 0 Å². The Hall–Kier alpha value is -10.2. The Morgan fingerprint density at radius 1 is 0.346 bits per heavy atom. The minimum Gasteiger partial charge on any atom is -0.308 e. The van der Waals surface area contributed by atoms with Crippen molar-refractivity contribution in [1.29, 1.82) is 10.5 Å². The Labute approximate surface area is 451 Å². The summed E-state index contributed by atoms with van der Waals surface area (Å²) in [7, 11) is 0. The molecule has 0 radical (unpaired) electrons. The van der Waals surface area contributed by atoms with Crippen LogP contribution in [-0.2, 0) is 10.8 Å². The minimum absolute atomic E-state index is 0.269. The van der Waals surface area contributed by atoms with Crippen LogP contribution in [0, 0.1) is 22.7 Å². The number of fused-ring (bicyclic) bond motifs is 14. The molecule has 10 aromatic carbocycles. The Balaban J connectivity index is 1.02. The first-order chi connectivity index (χ1) is 38.1. The van der Waals surface area contributed by atoms with Crippen LogP contribution in [0.25, 0.3) is 123 Å². The Bertz CT molecular complexity index is 4820. The summed E-state index contributed by atoms with van der Waals surface area (Å²) in [5.74, 6) is 1.47. The number of rotatable bonds is 6. The molecule has 3 aromatic heterocycles. The van der Waals surface area contributed by atoms with E-state index in [1.54, 1.807) is 0 Å². The molecule has 0 spiro atoms. The number of nitriles is 2. The first kappa shape index (κ1) is 45.2. The quantitative estimate of drug-likeness (QED) is 0.165. The molecule has 2 aliphatic rings. The summed E-state index contributed by atoms with van der Waals surface area (Å²) < 4.78 is 4.68. The lowest BCUT2D eigenvalue weighted by molar-refractivity contribution is 0.666. The number of aromatic nitrogens is 5. The van der Waals surface area contributed by atoms with Gasteiger partial charge in [0.15, 0.2) is 17.5 Å². The fraction of sp³-hybridized carbons (Fsp3) is 0.0845. The largest absolute Gasteiger partial charge is 0.308 e. The lowest BCUT2D eigenvalue weighted by Gasteiger charge is -2.23. The normalized spacial score (nSPS) is 13.6. The summed E-state index contributed by atoms with van der Waals surface area (Å²) in [4.78, 5) is 16.4. The minimum atomic E-state index is -0.271. The topological polar surface area (TPSA) is 96.1 Å². The van der Waals surface area contributed by atoms with Crippen LogP contribution in [0.4, 0.5) is 0 Å². The van der Waals surface area contributed by atoms with Gasteiger partial charge in [0.1, 0.15) is 0 Å². The van der Waals surface area contributed by atoms with Gasteiger partial charge in [0.2, 0.25) is 0 Å². The van der Waals surface area contributed by atoms with Crippen molar-refractivity contribution in [2.45, 2.75) is 38.5 Å². The number of nitrogens with zero attached hydrogens (tertiary/aromatic N) is 7. The van der Waals surface area contributed by atoms with Crippen molar-refractivity contribution in [3.05, 3.63) is 246 Å². The predicted molar refractivity (Wildman–Crippen MR) is 315 cm³/mol. The van der Waals surface area contributed by atoms with Crippen LogP contribution in [0.5, 0.6) is 0 Å². The summed E-state index contributed by atoms with van der Waals surface area (Å²) in [6.45, 7) is 9.35. The van der Waals surface area contributed by atoms with E-state index >= 15 is 0 Å². The van der Waals surface area contributed by atoms with Crippen LogP contribution in [0.3, 0.4) is 0 Å². The van der Waals surface area contributed by atoms with Gasteiger partial charge in [-0.2, -0.15) is 10.5 Å². The van der Waals surface area contributed by atoms with E-state index in [2.05, 4.69) is 195 Å². The van der Waals surface area contributed by atoms with E-state index in [1.807, 2.05) is 66.7 Å². The molecule has 13 aromatic rings. The summed E-state index contributed by atoms with van der Waals surface area (Å²) in [5, 5.41) is 25.4. The molecular formula is C71H47N7. The number of hydrogen-bond donors (Lipinski definition) is 0. The number of para-hydroxylation sites is 2. The summed E-state index contributed by atoms with van der Waals surface area (Å²) >= 11 is 0. The maximum Gasteiger partial charge on any atom is 0.166 e. The van der Waals surface area contributed by atoms with Crippen molar-refractivity contribution in [1.82, 2.24) is 24.1 Å². The molecule has 0 fully saturated rings. The molecular weight excluding hydrogens is 951 g/mol. The van der Waals surface area contributed by atoms with E-state index in [1.165, 1.54) is 55.3 Å². The molecule has 15 rings (SSSR count). The molecule has 0 N–H and O–H groups in total. The van der Waals surface area contributed by atoms with Crippen molar-refractivity contribution in [3.8, 4) is 91.1 Å². The fourth-order valence-electron chi connectivity index (χ4n) is 13.3. The zero-order chi connectivity index (χ0) is 52.6. The molecule has 0 saturated carbocycles. The fourth-order valence-corrected chi connectivity index (χ4v) is 13.3. The smallest absolute Gasteiger partial charge is 0.166 e. The molecule has 0 aliphatic heterocycles. The highest BCUT2D eigenvalue weighted by Crippen LogP contribution is 2.55. The second-order valence-electron chi connectivity index (χ2n) is 21.8. The molecule has 366 valence electrons. The molecule has 2 aliphatic carbocycles. The van der Waals surface area contributed by atoms with E-state index in [4.69, 9.17) is 15.0 Å². The second-order valence-corrected chi connectivity index (χ2v) is 21.8. The maximum atomic E-state index is 10.6. The van der Waals surface area contributed by atoms with Gasteiger partial charge in [-0.25, -0.2) is 15.0 Å². The summed E-state index contributed by atoms with van der Waals surface area (Å²) in [5.41, 5.74) is 20.9. The van der Waals surface area contributed by atoms with Crippen LogP contribution in [0.15, 0.2) is 212 Å². The standard InChI is InChI=1S/C71H47N7/c1-70(2)55-25-12-8-21-47(55)49-33-35-59-63(65(49)70)51-23-10-14-27-57(51)77(59)61-38-43(41-73)29-31-53(61)68-74-67(44-18-6-5-7-19-44)75-69(76-68)54-32-30-46(45-20-16-17-42(37-45)40-72)39-62(54)78-58-28-15-11-24-52(58)64-60(78)36-34-50-48-22-9-13-26-56(48)71(3,4)66(50)64/h5-39H,1-4H3. The average Bonchev–Trinajstić information content (AvgIpc) is 4.16. The lowest BCUT2D eigenvalue weighted by Crippen LogP contribution is -2.15. The molecule has 7 heteroatoms. The zero-order valence-electron chi connectivity index (χ0n) is 43.3. The second kappa shape index (κ2) is 16.6. The molecule has 0 saturated heterocycles. The third-order valence-electron chi connectivity index (χ3n) is 16.8. The van der Waals surface area contributed by atoms with Crippen molar-refractivity contribution in [2.24, 2.45) is 0 Å². The van der Waals surface area contributed by atoms with Gasteiger partial charge in [-0.05, 0) is 122 Å². The van der Waals surface area contributed by atoms with Crippen molar-refractivity contribution in [2.75, 3.05) is 0 Å². The van der Waals surface area contributed by atoms with E-state index in [9.17, 15) is 10.5 Å². The molecule has 0 atom stereocenters. The highest BCUT2D eigenvalue weighted by Gasteiger charge is 2.40. The van der Waals surface area contributed by atoms with Crippen LogP contribution in [-0.4, -0.2) is 24.1 Å². The third kappa shape index (κ3) is 6.40. The lowest BCUT2D eigenvalue weighted by atomic mass is 9.80. The van der Waals surface area contributed by atoms with Gasteiger partial charge in [-0.15, -0.1) is 0 Å². The number of hydrogen-bond acceptors (Lipinski definition) is 5. The van der Waals surface area contributed by atoms with E-state index in [0.29, 0.717) is 28.6 Å². The third-order valence-corrected chi connectivity index (χ3v) is 16.8. The molecule has 0 amide bonds. The van der Waals surface area contributed by atoms with Gasteiger partial charge >= 0.3 is 0 Å². The van der Waals surface area contributed by atoms with Gasteiger partial charge < -0.3 is 9.13 Å². The summed E-state index contributed by atoms with van der Waals surface area (Å²) in [6, 6.07) is 78.9. The summed E-state index contributed by atoms with van der Waals surface area (Å²) in [6.07, 6.45) is 0. The van der Waals surface area contributed by atoms with Gasteiger partial charge in [-0.1, -0.05) is 173 Å². The molecule has 7 nitrogen and oxygen atoms in total. The Kier molecular flexibility index (Phi) is 9.65. The maximum absolute atomic E-state index is 10.6. The zero-order valence-corrected chi connectivity index (χ0v) is 43.3. The molecule has 3 heterocycles. The monoisotopic (exact) mass is 997 g/mol. The van der Waals surface area contributed by atoms with Crippen LogP contribution < -0.4 is 0 Å². The molecule has 0 unspecified atom stereocenters. The van der Waals surface area contributed by atoms with Gasteiger partial charge in [-0.3, -0.25) is 0 Å². The van der Waals surface area contributed by atoms with Crippen molar-refractivity contribution < 1.29 is 0 Å². The highest BCUT2D eigenvalue weighted by molar-refractivity contribution is 6.16. The highest BCUT2D eigenvalue weighted by atomic mass is 15.1. The average molecular weight is 998 g/mol. The van der Waals surface area contributed by atoms with Crippen LogP contribution in [0.1, 0.15) is 61.1 Å². The molecule has 78 heavy (non-hydrogen) atoms. The Morgan fingerprint density at radius 3 is 1.37 bits per heavy atom. The van der Waals surface area contributed by atoms with Crippen LogP contribution >= 0.6 is 0 Å². The first-order valence-corrected chi connectivity index (χ1v) is 26.5. The van der Waals surface area contributed by atoms with Gasteiger partial charge in [0.25, 0.3) is 0 Å². The van der Waals surface area contributed by atoms with E-state index in [0.717, 1.165) is 72.0 Å². The van der Waals surface area contributed by atoms with Crippen molar-refractivity contribution >= 4 is 43.6 Å². The molecule has 0 bridgehead atoms. The van der Waals surface area contributed by atoms with Crippen LogP contribution in [0.2, 0.25) is 0 Å².